The monoisotopic (exact) mass is 376 g/mol. The minimum atomic E-state index is -0.772. The summed E-state index contributed by atoms with van der Waals surface area (Å²) in [4.78, 5) is 36.8. The molecule has 0 aromatic rings. The number of hydrogen-bond donors (Lipinski definition) is 2. The average molecular weight is 376 g/mol. The molecule has 7 heteroatoms. The van der Waals surface area contributed by atoms with E-state index in [-0.39, 0.29) is 41.1 Å². The van der Waals surface area contributed by atoms with E-state index in [0.29, 0.717) is 6.42 Å². The minimum Gasteiger partial charge on any atom is -0.458 e. The van der Waals surface area contributed by atoms with Crippen LogP contribution in [0.5, 0.6) is 0 Å². The summed E-state index contributed by atoms with van der Waals surface area (Å²) >= 11 is 0. The first-order valence-electron chi connectivity index (χ1n) is 9.02. The van der Waals surface area contributed by atoms with E-state index in [1.54, 1.807) is 0 Å². The Bertz CT molecular complexity index is 735. The molecule has 2 aliphatic carbocycles. The summed E-state index contributed by atoms with van der Waals surface area (Å²) in [5.74, 6) is -2.41. The number of rotatable bonds is 4. The lowest BCUT2D eigenvalue weighted by Gasteiger charge is -2.29. The zero-order valence-electron chi connectivity index (χ0n) is 15.2. The third kappa shape index (κ3) is 3.26. The molecule has 7 nitrogen and oxygen atoms in total. The van der Waals surface area contributed by atoms with Gasteiger partial charge in [0.2, 0.25) is 0 Å². The highest BCUT2D eigenvalue weighted by molar-refractivity contribution is 5.92. The molecular formula is C20H24O7. The van der Waals surface area contributed by atoms with E-state index in [1.807, 2.05) is 6.92 Å². The molecule has 0 aromatic heterocycles. The van der Waals surface area contributed by atoms with Gasteiger partial charge in [0, 0.05) is 30.3 Å². The molecule has 0 amide bonds. The molecule has 0 aromatic carbocycles. The van der Waals surface area contributed by atoms with Crippen molar-refractivity contribution in [1.82, 2.24) is 0 Å². The molecule has 146 valence electrons. The van der Waals surface area contributed by atoms with Crippen LogP contribution in [0.15, 0.2) is 36.0 Å². The van der Waals surface area contributed by atoms with Gasteiger partial charge in [-0.25, -0.2) is 9.59 Å². The Morgan fingerprint density at radius 1 is 1.30 bits per heavy atom. The van der Waals surface area contributed by atoms with Crippen molar-refractivity contribution in [2.75, 3.05) is 13.2 Å². The van der Waals surface area contributed by atoms with Crippen LogP contribution in [0.25, 0.3) is 0 Å². The van der Waals surface area contributed by atoms with Crippen LogP contribution < -0.4 is 0 Å². The lowest BCUT2D eigenvalue weighted by molar-refractivity contribution is -0.150. The summed E-state index contributed by atoms with van der Waals surface area (Å²) in [6, 6.07) is 0. The van der Waals surface area contributed by atoms with Gasteiger partial charge in [0.15, 0.2) is 0 Å². The minimum absolute atomic E-state index is 0.0662. The Labute approximate surface area is 157 Å². The van der Waals surface area contributed by atoms with Crippen LogP contribution in [-0.4, -0.2) is 53.4 Å². The molecule has 1 saturated heterocycles. The van der Waals surface area contributed by atoms with Crippen molar-refractivity contribution < 1.29 is 34.1 Å². The van der Waals surface area contributed by atoms with Crippen molar-refractivity contribution in [3.63, 3.8) is 0 Å². The fraction of sp³-hybridized carbons (Fsp3) is 0.550. The van der Waals surface area contributed by atoms with Gasteiger partial charge in [-0.1, -0.05) is 25.7 Å². The summed E-state index contributed by atoms with van der Waals surface area (Å²) in [6.45, 7) is 8.76. The zero-order valence-corrected chi connectivity index (χ0v) is 15.2. The van der Waals surface area contributed by atoms with Crippen molar-refractivity contribution in [3.05, 3.63) is 36.0 Å². The average Bonchev–Trinajstić information content (AvgIpc) is 3.04. The number of aliphatic hydroxyl groups excluding tert-OH is 2. The van der Waals surface area contributed by atoms with Gasteiger partial charge in [-0.3, -0.25) is 4.79 Å². The van der Waals surface area contributed by atoms with Crippen LogP contribution in [0.4, 0.5) is 0 Å². The first kappa shape index (κ1) is 19.5. The number of hydrogen-bond acceptors (Lipinski definition) is 7. The maximum absolute atomic E-state index is 12.4. The summed E-state index contributed by atoms with van der Waals surface area (Å²) < 4.78 is 11.1. The van der Waals surface area contributed by atoms with Crippen LogP contribution in [0, 0.1) is 23.7 Å². The number of carbonyl (C=O) groups excluding carboxylic acids is 3. The summed E-state index contributed by atoms with van der Waals surface area (Å²) in [6.07, 6.45) is 0.446. The van der Waals surface area contributed by atoms with Crippen molar-refractivity contribution in [2.45, 2.75) is 32.0 Å². The Kier molecular flexibility index (Phi) is 5.35. The normalized spacial score (nSPS) is 36.2. The van der Waals surface area contributed by atoms with E-state index < -0.39 is 43.3 Å². The smallest absolute Gasteiger partial charge is 0.336 e. The molecular weight excluding hydrogens is 352 g/mol. The van der Waals surface area contributed by atoms with Crippen LogP contribution >= 0.6 is 0 Å². The highest BCUT2D eigenvalue weighted by Crippen LogP contribution is 2.52. The highest BCUT2D eigenvalue weighted by Gasteiger charge is 2.57. The Hall–Kier alpha value is -2.25. The summed E-state index contributed by atoms with van der Waals surface area (Å²) in [7, 11) is 0. The Morgan fingerprint density at radius 3 is 2.63 bits per heavy atom. The molecule has 1 aliphatic heterocycles. The van der Waals surface area contributed by atoms with Crippen LogP contribution in [-0.2, 0) is 23.9 Å². The molecule has 6 unspecified atom stereocenters. The molecule has 27 heavy (non-hydrogen) atoms. The highest BCUT2D eigenvalue weighted by atomic mass is 16.6. The fourth-order valence-electron chi connectivity index (χ4n) is 4.58. The van der Waals surface area contributed by atoms with Crippen molar-refractivity contribution >= 4 is 17.7 Å². The second-order valence-corrected chi connectivity index (χ2v) is 7.44. The van der Waals surface area contributed by atoms with E-state index >= 15 is 0 Å². The van der Waals surface area contributed by atoms with Crippen LogP contribution in [0.1, 0.15) is 19.8 Å². The summed E-state index contributed by atoms with van der Waals surface area (Å²) in [5.41, 5.74) is 0.934. The van der Waals surface area contributed by atoms with Crippen LogP contribution in [0.2, 0.25) is 0 Å². The number of Topliss-reactive ketones (excluding diaryl/α,β-unsaturated/α-hetero) is 1. The molecule has 0 spiro atoms. The second-order valence-electron chi connectivity index (χ2n) is 7.44. The zero-order chi connectivity index (χ0) is 19.9. The third-order valence-corrected chi connectivity index (χ3v) is 6.03. The number of ether oxygens (including phenoxy) is 2. The maximum atomic E-state index is 12.4. The van der Waals surface area contributed by atoms with E-state index in [2.05, 4.69) is 13.2 Å². The first-order valence-corrected chi connectivity index (χ1v) is 9.02. The van der Waals surface area contributed by atoms with E-state index in [0.717, 1.165) is 5.57 Å². The number of ketones is 1. The van der Waals surface area contributed by atoms with E-state index in [1.165, 1.54) is 6.08 Å². The van der Waals surface area contributed by atoms with E-state index in [9.17, 15) is 19.5 Å². The maximum Gasteiger partial charge on any atom is 0.336 e. The predicted octanol–water partition coefficient (Wildman–Crippen LogP) is 0.708. The molecule has 0 radical (unpaired) electrons. The molecule has 1 heterocycles. The van der Waals surface area contributed by atoms with Crippen molar-refractivity contribution in [3.8, 4) is 0 Å². The number of esters is 2. The van der Waals surface area contributed by atoms with Gasteiger partial charge in [0.05, 0.1) is 24.7 Å². The Balaban J connectivity index is 1.94. The van der Waals surface area contributed by atoms with Gasteiger partial charge in [-0.15, -0.1) is 0 Å². The van der Waals surface area contributed by atoms with Crippen molar-refractivity contribution in [1.29, 1.82) is 0 Å². The van der Waals surface area contributed by atoms with Gasteiger partial charge in [-0.05, 0) is 12.0 Å². The van der Waals surface area contributed by atoms with Gasteiger partial charge < -0.3 is 19.7 Å². The summed E-state index contributed by atoms with van der Waals surface area (Å²) in [5, 5.41) is 18.3. The van der Waals surface area contributed by atoms with Gasteiger partial charge in [0.1, 0.15) is 18.0 Å². The molecule has 0 bridgehead atoms. The topological polar surface area (TPSA) is 110 Å². The largest absolute Gasteiger partial charge is 0.458 e. The van der Waals surface area contributed by atoms with Crippen molar-refractivity contribution in [2.24, 2.45) is 23.7 Å². The van der Waals surface area contributed by atoms with Gasteiger partial charge in [0.25, 0.3) is 0 Å². The molecule has 3 rings (SSSR count). The number of aliphatic hydroxyl groups is 2. The molecule has 3 fully saturated rings. The molecule has 6 atom stereocenters. The van der Waals surface area contributed by atoms with E-state index in [4.69, 9.17) is 14.6 Å². The SMILES string of the molecule is C=C1CC(OC(=O)C(=CCO)CO)C2C(=C)C(=O)OC2C2C(C)C(=O)CC12. The first-order chi connectivity index (χ1) is 12.8. The van der Waals surface area contributed by atoms with Gasteiger partial charge in [-0.2, -0.15) is 0 Å². The number of carbonyl (C=O) groups is 3. The standard InChI is InChI=1S/C20H24O7/c1-9-6-15(26-20(25)12(8-22)4-5-21)17-11(3)19(24)27-18(17)16-10(2)14(23)7-13(9)16/h4,10,13,15-18,21-22H,1,3,5-8H2,2H3. The number of fused-ring (bicyclic) bond motifs is 3. The molecule has 2 N–H and O–H groups in total. The lowest BCUT2D eigenvalue weighted by atomic mass is 9.79. The third-order valence-electron chi connectivity index (χ3n) is 6.03. The lowest BCUT2D eigenvalue weighted by Crippen LogP contribution is -2.38. The Morgan fingerprint density at radius 2 is 2.00 bits per heavy atom. The van der Waals surface area contributed by atoms with Crippen LogP contribution in [0.3, 0.4) is 0 Å². The second kappa shape index (κ2) is 7.40. The molecule has 2 saturated carbocycles. The molecule has 3 aliphatic rings. The fourth-order valence-corrected chi connectivity index (χ4v) is 4.58. The quantitative estimate of drug-likeness (QED) is 0.422. The van der Waals surface area contributed by atoms with Gasteiger partial charge >= 0.3 is 11.9 Å². The predicted molar refractivity (Wildman–Crippen MR) is 94.2 cm³/mol.